The number of hydrogen-bond donors (Lipinski definition) is 1. The van der Waals surface area contributed by atoms with Crippen molar-refractivity contribution in [2.24, 2.45) is 0 Å². The van der Waals surface area contributed by atoms with Gasteiger partial charge in [0.15, 0.2) is 5.75 Å². The molecular weight excluding hydrogens is 298 g/mol. The Balaban J connectivity index is 2.33. The van der Waals surface area contributed by atoms with Crippen LogP contribution in [0.5, 0.6) is 11.5 Å². The highest BCUT2D eigenvalue weighted by Gasteiger charge is 2.30. The zero-order valence-electron chi connectivity index (χ0n) is 9.84. The first kappa shape index (κ1) is 14.5. The Bertz CT molecular complexity index is 643. The average Bonchev–Trinajstić information content (AvgIpc) is 2.35. The molecule has 106 valence electrons. The van der Waals surface area contributed by atoms with Gasteiger partial charge in [0.25, 0.3) is 0 Å². The number of nitrogen functional groups attached to an aromatic ring is 1. The largest absolute Gasteiger partial charge is 0.455 e. The number of halogens is 5. The lowest BCUT2D eigenvalue weighted by Crippen LogP contribution is -2.04. The van der Waals surface area contributed by atoms with Gasteiger partial charge in [-0.1, -0.05) is 17.7 Å². The van der Waals surface area contributed by atoms with E-state index in [9.17, 15) is 17.6 Å². The van der Waals surface area contributed by atoms with Crippen LogP contribution in [0.25, 0.3) is 0 Å². The smallest absolute Gasteiger partial charge is 0.416 e. The summed E-state index contributed by atoms with van der Waals surface area (Å²) >= 11 is 5.51. The van der Waals surface area contributed by atoms with Gasteiger partial charge in [-0.2, -0.15) is 13.2 Å². The number of anilines is 1. The van der Waals surface area contributed by atoms with Crippen LogP contribution in [0.15, 0.2) is 36.4 Å². The van der Waals surface area contributed by atoms with E-state index in [1.54, 1.807) is 0 Å². The fourth-order valence-electron chi connectivity index (χ4n) is 1.50. The lowest BCUT2D eigenvalue weighted by Gasteiger charge is -2.11. The third kappa shape index (κ3) is 3.14. The number of hydrogen-bond acceptors (Lipinski definition) is 2. The Morgan fingerprint density at radius 2 is 1.80 bits per heavy atom. The standard InChI is InChI=1S/C13H8ClF4NO/c14-9-5-11(19)12(6-10(9)15)20-8-3-1-2-7(4-8)13(16,17)18/h1-6H,19H2. The molecule has 0 aliphatic rings. The number of nitrogens with two attached hydrogens (primary N) is 1. The fourth-order valence-corrected chi connectivity index (χ4v) is 1.67. The van der Waals surface area contributed by atoms with Crippen LogP contribution >= 0.6 is 11.6 Å². The lowest BCUT2D eigenvalue weighted by molar-refractivity contribution is -0.137. The zero-order valence-corrected chi connectivity index (χ0v) is 10.6. The minimum atomic E-state index is -4.49. The SMILES string of the molecule is Nc1cc(Cl)c(F)cc1Oc1cccc(C(F)(F)F)c1. The van der Waals surface area contributed by atoms with Crippen LogP contribution in [0.2, 0.25) is 5.02 Å². The van der Waals surface area contributed by atoms with Gasteiger partial charge in [0.2, 0.25) is 0 Å². The van der Waals surface area contributed by atoms with Crippen LogP contribution in [0.1, 0.15) is 5.56 Å². The van der Waals surface area contributed by atoms with Crippen molar-refractivity contribution in [3.8, 4) is 11.5 Å². The Kier molecular flexibility index (Phi) is 3.76. The van der Waals surface area contributed by atoms with Gasteiger partial charge >= 0.3 is 6.18 Å². The van der Waals surface area contributed by atoms with Crippen LogP contribution in [0, 0.1) is 5.82 Å². The number of rotatable bonds is 2. The first-order chi connectivity index (χ1) is 9.27. The van der Waals surface area contributed by atoms with E-state index in [0.29, 0.717) is 0 Å². The highest BCUT2D eigenvalue weighted by atomic mass is 35.5. The van der Waals surface area contributed by atoms with E-state index in [4.69, 9.17) is 22.1 Å². The second kappa shape index (κ2) is 5.20. The maximum atomic E-state index is 13.3. The molecule has 0 aliphatic heterocycles. The molecule has 0 aromatic heterocycles. The maximum Gasteiger partial charge on any atom is 0.416 e. The van der Waals surface area contributed by atoms with Crippen LogP contribution in [0.3, 0.4) is 0 Å². The summed E-state index contributed by atoms with van der Waals surface area (Å²) in [5.41, 5.74) is 4.71. The minimum absolute atomic E-state index is 0.0220. The minimum Gasteiger partial charge on any atom is -0.455 e. The summed E-state index contributed by atoms with van der Waals surface area (Å²) in [6.45, 7) is 0. The van der Waals surface area contributed by atoms with Crippen LogP contribution < -0.4 is 10.5 Å². The van der Waals surface area contributed by atoms with Crippen molar-refractivity contribution in [2.45, 2.75) is 6.18 Å². The van der Waals surface area contributed by atoms with Crippen molar-refractivity contribution in [3.05, 3.63) is 52.8 Å². The molecule has 0 fully saturated rings. The average molecular weight is 306 g/mol. The molecule has 2 aromatic carbocycles. The molecule has 0 radical (unpaired) electrons. The molecule has 0 spiro atoms. The highest BCUT2D eigenvalue weighted by Crippen LogP contribution is 2.35. The second-order valence-electron chi connectivity index (χ2n) is 3.93. The van der Waals surface area contributed by atoms with E-state index in [2.05, 4.69) is 0 Å². The summed E-state index contributed by atoms with van der Waals surface area (Å²) in [6, 6.07) is 6.23. The Labute approximate surface area is 116 Å². The third-order valence-corrected chi connectivity index (χ3v) is 2.73. The molecule has 7 heteroatoms. The Morgan fingerprint density at radius 3 is 2.45 bits per heavy atom. The summed E-state index contributed by atoms with van der Waals surface area (Å²) in [5.74, 6) is -0.984. The lowest BCUT2D eigenvalue weighted by atomic mass is 10.2. The van der Waals surface area contributed by atoms with Crippen molar-refractivity contribution in [3.63, 3.8) is 0 Å². The first-order valence-electron chi connectivity index (χ1n) is 5.37. The topological polar surface area (TPSA) is 35.2 Å². The summed E-state index contributed by atoms with van der Waals surface area (Å²) < 4.78 is 56.1. The van der Waals surface area contributed by atoms with E-state index in [-0.39, 0.29) is 22.2 Å². The normalized spacial score (nSPS) is 11.4. The number of alkyl halides is 3. The molecule has 0 saturated heterocycles. The molecule has 0 bridgehead atoms. The first-order valence-corrected chi connectivity index (χ1v) is 5.75. The van der Waals surface area contributed by atoms with Crippen molar-refractivity contribution < 1.29 is 22.3 Å². The predicted octanol–water partition coefficient (Wildman–Crippen LogP) is 4.87. The van der Waals surface area contributed by atoms with Gasteiger partial charge in [-0.15, -0.1) is 0 Å². The molecule has 20 heavy (non-hydrogen) atoms. The van der Waals surface area contributed by atoms with Crippen molar-refractivity contribution in [2.75, 3.05) is 5.73 Å². The summed E-state index contributed by atoms with van der Waals surface area (Å²) in [6.07, 6.45) is -4.49. The van der Waals surface area contributed by atoms with Gasteiger partial charge in [0, 0.05) is 6.07 Å². The summed E-state index contributed by atoms with van der Waals surface area (Å²) in [5, 5.41) is -0.195. The molecule has 0 amide bonds. The predicted molar refractivity (Wildman–Crippen MR) is 67.3 cm³/mol. The summed E-state index contributed by atoms with van der Waals surface area (Å²) in [7, 11) is 0. The molecule has 2 N–H and O–H groups in total. The third-order valence-electron chi connectivity index (χ3n) is 2.44. The molecule has 0 unspecified atom stereocenters. The van der Waals surface area contributed by atoms with Gasteiger partial charge < -0.3 is 10.5 Å². The zero-order chi connectivity index (χ0) is 14.9. The Hall–Kier alpha value is -1.95. The Morgan fingerprint density at radius 1 is 1.10 bits per heavy atom. The highest BCUT2D eigenvalue weighted by molar-refractivity contribution is 6.31. The van der Waals surface area contributed by atoms with E-state index < -0.39 is 17.6 Å². The van der Waals surface area contributed by atoms with Gasteiger partial charge in [-0.05, 0) is 24.3 Å². The monoisotopic (exact) mass is 305 g/mol. The fraction of sp³-hybridized carbons (Fsp3) is 0.0769. The van der Waals surface area contributed by atoms with Crippen LogP contribution in [0.4, 0.5) is 23.2 Å². The van der Waals surface area contributed by atoms with E-state index >= 15 is 0 Å². The molecule has 2 nitrogen and oxygen atoms in total. The van der Waals surface area contributed by atoms with Gasteiger partial charge in [-0.25, -0.2) is 4.39 Å². The second-order valence-corrected chi connectivity index (χ2v) is 4.34. The molecule has 0 aliphatic carbocycles. The van der Waals surface area contributed by atoms with Crippen molar-refractivity contribution >= 4 is 17.3 Å². The molecule has 0 atom stereocenters. The van der Waals surface area contributed by atoms with E-state index in [1.165, 1.54) is 12.1 Å². The maximum absolute atomic E-state index is 13.3. The molecule has 0 heterocycles. The van der Waals surface area contributed by atoms with Crippen molar-refractivity contribution in [1.82, 2.24) is 0 Å². The van der Waals surface area contributed by atoms with Gasteiger partial charge in [0.05, 0.1) is 16.3 Å². The van der Waals surface area contributed by atoms with Gasteiger partial charge in [-0.3, -0.25) is 0 Å². The number of ether oxygens (including phenoxy) is 1. The van der Waals surface area contributed by atoms with E-state index in [1.807, 2.05) is 0 Å². The molecule has 0 saturated carbocycles. The number of benzene rings is 2. The van der Waals surface area contributed by atoms with Crippen molar-refractivity contribution in [1.29, 1.82) is 0 Å². The molecule has 2 rings (SSSR count). The van der Waals surface area contributed by atoms with Crippen LogP contribution in [-0.4, -0.2) is 0 Å². The molecular formula is C13H8ClF4NO. The quantitative estimate of drug-likeness (QED) is 0.634. The summed E-state index contributed by atoms with van der Waals surface area (Å²) in [4.78, 5) is 0. The van der Waals surface area contributed by atoms with E-state index in [0.717, 1.165) is 24.3 Å². The van der Waals surface area contributed by atoms with Gasteiger partial charge in [0.1, 0.15) is 11.6 Å². The molecule has 2 aromatic rings. The van der Waals surface area contributed by atoms with Crippen LogP contribution in [-0.2, 0) is 6.18 Å².